The van der Waals surface area contributed by atoms with Gasteiger partial charge in [-0.1, -0.05) is 66.2 Å². The predicted molar refractivity (Wildman–Crippen MR) is 171 cm³/mol. The van der Waals surface area contributed by atoms with Crippen molar-refractivity contribution in [2.45, 2.75) is 20.8 Å². The van der Waals surface area contributed by atoms with Gasteiger partial charge in [-0.15, -0.1) is 0 Å². The molecule has 3 heteroatoms. The van der Waals surface area contributed by atoms with E-state index >= 15 is 0 Å². The highest BCUT2D eigenvalue weighted by Gasteiger charge is 2.20. The lowest BCUT2D eigenvalue weighted by molar-refractivity contribution is 0.617. The molecule has 0 saturated heterocycles. The summed E-state index contributed by atoms with van der Waals surface area (Å²) in [6, 6.07) is 39.1. The SMILES string of the molecule is Cc1ccc2cc3cc4occ(-c5nc6ccccc6n5-c5cc(C)c(-c6ccccc6)c(C)c5)c4cc3cc2c1. The third-order valence-corrected chi connectivity index (χ3v) is 8.28. The van der Waals surface area contributed by atoms with Crippen molar-refractivity contribution in [3.63, 3.8) is 0 Å². The largest absolute Gasteiger partial charge is 0.464 e. The highest BCUT2D eigenvalue weighted by atomic mass is 16.3. The normalized spacial score (nSPS) is 11.8. The fourth-order valence-electron chi connectivity index (χ4n) is 6.41. The van der Waals surface area contributed by atoms with Crippen molar-refractivity contribution in [3.8, 4) is 28.2 Å². The Labute approximate surface area is 238 Å². The molecule has 0 N–H and O–H groups in total. The maximum absolute atomic E-state index is 6.20. The van der Waals surface area contributed by atoms with E-state index in [-0.39, 0.29) is 0 Å². The Kier molecular flexibility index (Phi) is 5.17. The molecule has 3 nitrogen and oxygen atoms in total. The molecule has 2 heterocycles. The first-order chi connectivity index (χ1) is 20.0. The molecule has 8 rings (SSSR count). The summed E-state index contributed by atoms with van der Waals surface area (Å²) < 4.78 is 8.48. The lowest BCUT2D eigenvalue weighted by Gasteiger charge is -2.16. The van der Waals surface area contributed by atoms with Crippen LogP contribution in [-0.4, -0.2) is 9.55 Å². The van der Waals surface area contributed by atoms with Gasteiger partial charge in [-0.2, -0.15) is 0 Å². The molecule has 8 aromatic rings. The number of aryl methyl sites for hydroxylation is 3. The number of rotatable bonds is 3. The summed E-state index contributed by atoms with van der Waals surface area (Å²) in [7, 11) is 0. The van der Waals surface area contributed by atoms with Crippen LogP contribution in [0.1, 0.15) is 16.7 Å². The van der Waals surface area contributed by atoms with Crippen LogP contribution in [0.2, 0.25) is 0 Å². The van der Waals surface area contributed by atoms with Gasteiger partial charge in [0.05, 0.1) is 16.6 Å². The number of benzene rings is 6. The smallest absolute Gasteiger partial charge is 0.149 e. The molecule has 2 aromatic heterocycles. The average Bonchev–Trinajstić information content (AvgIpc) is 3.56. The molecule has 0 aliphatic heterocycles. The van der Waals surface area contributed by atoms with Crippen molar-refractivity contribution >= 4 is 43.5 Å². The van der Waals surface area contributed by atoms with Crippen molar-refractivity contribution in [2.75, 3.05) is 0 Å². The second-order valence-electron chi connectivity index (χ2n) is 11.1. The number of furan rings is 1. The van der Waals surface area contributed by atoms with E-state index in [1.807, 2.05) is 12.3 Å². The highest BCUT2D eigenvalue weighted by molar-refractivity contribution is 6.07. The quantitative estimate of drug-likeness (QED) is 0.214. The summed E-state index contributed by atoms with van der Waals surface area (Å²) in [6.45, 7) is 6.54. The van der Waals surface area contributed by atoms with Crippen molar-refractivity contribution in [1.29, 1.82) is 0 Å². The maximum Gasteiger partial charge on any atom is 0.149 e. The van der Waals surface area contributed by atoms with Gasteiger partial charge in [0.15, 0.2) is 0 Å². The first kappa shape index (κ1) is 23.7. The number of hydrogen-bond donors (Lipinski definition) is 0. The summed E-state index contributed by atoms with van der Waals surface area (Å²) >= 11 is 0. The Morgan fingerprint density at radius 2 is 1.34 bits per heavy atom. The van der Waals surface area contributed by atoms with Crippen LogP contribution in [0.15, 0.2) is 120 Å². The number of para-hydroxylation sites is 2. The lowest BCUT2D eigenvalue weighted by atomic mass is 9.95. The van der Waals surface area contributed by atoms with Gasteiger partial charge in [0.1, 0.15) is 17.7 Å². The van der Waals surface area contributed by atoms with Crippen molar-refractivity contribution < 1.29 is 4.42 Å². The van der Waals surface area contributed by atoms with E-state index in [1.165, 1.54) is 49.4 Å². The molecule has 0 unspecified atom stereocenters. The summed E-state index contributed by atoms with van der Waals surface area (Å²) in [5.41, 5.74) is 11.2. The molecule has 0 radical (unpaired) electrons. The van der Waals surface area contributed by atoms with E-state index in [1.54, 1.807) is 0 Å². The minimum Gasteiger partial charge on any atom is -0.464 e. The number of hydrogen-bond acceptors (Lipinski definition) is 2. The van der Waals surface area contributed by atoms with Gasteiger partial charge in [-0.3, -0.25) is 4.57 Å². The van der Waals surface area contributed by atoms with E-state index in [9.17, 15) is 0 Å². The molecule has 6 aromatic carbocycles. The monoisotopic (exact) mass is 528 g/mol. The molecule has 41 heavy (non-hydrogen) atoms. The van der Waals surface area contributed by atoms with Crippen LogP contribution in [0.5, 0.6) is 0 Å². The molecule has 0 amide bonds. The molecule has 0 spiro atoms. The Bertz CT molecular complexity index is 2260. The summed E-state index contributed by atoms with van der Waals surface area (Å²) in [6.07, 6.45) is 1.86. The average molecular weight is 529 g/mol. The Morgan fingerprint density at radius 3 is 2.17 bits per heavy atom. The zero-order valence-electron chi connectivity index (χ0n) is 23.3. The standard InChI is InChI=1S/C38H28N2O/c1-23-13-14-27-18-30-21-36-32(20-29(30)19-28(27)15-23)33(22-41-36)38-39-34-11-7-8-12-35(34)40(38)31-16-24(2)37(25(3)17-31)26-9-5-4-6-10-26/h4-22H,1-3H3. The molecule has 0 fully saturated rings. The van der Waals surface area contributed by atoms with E-state index in [0.29, 0.717) is 0 Å². The van der Waals surface area contributed by atoms with E-state index in [0.717, 1.165) is 39.1 Å². The summed E-state index contributed by atoms with van der Waals surface area (Å²) in [4.78, 5) is 5.17. The Morgan fingerprint density at radius 1 is 0.634 bits per heavy atom. The molecule has 0 aliphatic carbocycles. The molecular weight excluding hydrogens is 500 g/mol. The van der Waals surface area contributed by atoms with E-state index in [2.05, 4.69) is 128 Å². The Hall–Kier alpha value is -5.15. The van der Waals surface area contributed by atoms with Crippen molar-refractivity contribution in [1.82, 2.24) is 9.55 Å². The van der Waals surface area contributed by atoms with Gasteiger partial charge in [0.25, 0.3) is 0 Å². The van der Waals surface area contributed by atoms with Crippen molar-refractivity contribution in [2.24, 2.45) is 0 Å². The fourth-order valence-corrected chi connectivity index (χ4v) is 6.41. The van der Waals surface area contributed by atoms with Gasteiger partial charge in [-0.25, -0.2) is 4.98 Å². The van der Waals surface area contributed by atoms with Crippen LogP contribution < -0.4 is 0 Å². The third-order valence-electron chi connectivity index (χ3n) is 8.28. The van der Waals surface area contributed by atoms with Crippen LogP contribution in [0.3, 0.4) is 0 Å². The molecule has 0 aliphatic rings. The molecule has 196 valence electrons. The number of fused-ring (bicyclic) bond motifs is 4. The van der Waals surface area contributed by atoms with Crippen LogP contribution in [0.25, 0.3) is 71.7 Å². The zero-order chi connectivity index (χ0) is 27.7. The Balaban J connectivity index is 1.37. The van der Waals surface area contributed by atoms with Crippen LogP contribution >= 0.6 is 0 Å². The fraction of sp³-hybridized carbons (Fsp3) is 0.0789. The predicted octanol–water partition coefficient (Wildman–Crippen LogP) is 10.3. The van der Waals surface area contributed by atoms with Gasteiger partial charge < -0.3 is 4.42 Å². The number of aromatic nitrogens is 2. The number of nitrogens with zero attached hydrogens (tertiary/aromatic N) is 2. The maximum atomic E-state index is 6.20. The van der Waals surface area contributed by atoms with Gasteiger partial charge in [0.2, 0.25) is 0 Å². The number of imidazole rings is 1. The second-order valence-corrected chi connectivity index (χ2v) is 11.1. The minimum absolute atomic E-state index is 0.865. The van der Waals surface area contributed by atoms with Crippen LogP contribution in [0.4, 0.5) is 0 Å². The summed E-state index contributed by atoms with van der Waals surface area (Å²) in [5, 5.41) is 5.92. The van der Waals surface area contributed by atoms with Crippen LogP contribution in [0, 0.1) is 20.8 Å². The first-order valence-electron chi connectivity index (χ1n) is 14.0. The van der Waals surface area contributed by atoms with Crippen molar-refractivity contribution in [3.05, 3.63) is 132 Å². The first-order valence-corrected chi connectivity index (χ1v) is 14.0. The van der Waals surface area contributed by atoms with Crippen LogP contribution in [-0.2, 0) is 0 Å². The minimum atomic E-state index is 0.865. The van der Waals surface area contributed by atoms with Gasteiger partial charge >= 0.3 is 0 Å². The van der Waals surface area contributed by atoms with Gasteiger partial charge in [-0.05, 0) is 113 Å². The topological polar surface area (TPSA) is 31.0 Å². The second kappa shape index (κ2) is 8.94. The van der Waals surface area contributed by atoms with Gasteiger partial charge in [0, 0.05) is 11.1 Å². The summed E-state index contributed by atoms with van der Waals surface area (Å²) in [5.74, 6) is 0.882. The third kappa shape index (κ3) is 3.77. The molecular formula is C38H28N2O. The van der Waals surface area contributed by atoms with E-state index < -0.39 is 0 Å². The molecule has 0 saturated carbocycles. The van der Waals surface area contributed by atoms with E-state index in [4.69, 9.17) is 9.40 Å². The molecule has 0 bridgehead atoms. The highest BCUT2D eigenvalue weighted by Crippen LogP contribution is 2.38. The molecule has 0 atom stereocenters. The lowest BCUT2D eigenvalue weighted by Crippen LogP contribution is -2.00. The zero-order valence-corrected chi connectivity index (χ0v) is 23.3.